The molecule has 0 saturated carbocycles. The van der Waals surface area contributed by atoms with Gasteiger partial charge in [0.2, 0.25) is 5.91 Å². The van der Waals surface area contributed by atoms with Gasteiger partial charge in [0, 0.05) is 41.6 Å². The molecule has 0 spiro atoms. The van der Waals surface area contributed by atoms with Crippen molar-refractivity contribution in [3.63, 3.8) is 0 Å². The van der Waals surface area contributed by atoms with Crippen LogP contribution < -0.4 is 15.1 Å². The first-order chi connectivity index (χ1) is 18.0. The number of nitrogens with zero attached hydrogens (tertiary/aromatic N) is 2. The first-order valence-electron chi connectivity index (χ1n) is 13.6. The van der Waals surface area contributed by atoms with E-state index in [1.807, 2.05) is 89.5 Å². The number of rotatable bonds is 9. The standard InChI is InChI=1S/C32H39N3O2/c1-5-24(6-2)22-33-26-19-17-25(18-20-26)32(37)34-23(4)21-30(28-15-11-12-16-29(28)34)35(31(36)7-3)27-13-9-8-10-14-27/h8-20,23-24,30,33H,5-7,21-22H2,1-4H3. The molecule has 0 aromatic heterocycles. The van der Waals surface area contributed by atoms with Gasteiger partial charge in [-0.2, -0.15) is 0 Å². The molecule has 1 heterocycles. The molecule has 2 atom stereocenters. The van der Waals surface area contributed by atoms with Gasteiger partial charge in [-0.25, -0.2) is 0 Å². The molecular weight excluding hydrogens is 458 g/mol. The summed E-state index contributed by atoms with van der Waals surface area (Å²) in [5.41, 5.74) is 4.46. The Morgan fingerprint density at radius 1 is 0.919 bits per heavy atom. The molecule has 0 fully saturated rings. The molecule has 1 aliphatic rings. The maximum atomic E-state index is 13.8. The summed E-state index contributed by atoms with van der Waals surface area (Å²) in [6.45, 7) is 9.35. The Kier molecular flexibility index (Phi) is 8.65. The van der Waals surface area contributed by atoms with Crippen LogP contribution in [-0.4, -0.2) is 24.4 Å². The van der Waals surface area contributed by atoms with E-state index >= 15 is 0 Å². The van der Waals surface area contributed by atoms with Crippen LogP contribution in [0, 0.1) is 5.92 Å². The second kappa shape index (κ2) is 12.1. The van der Waals surface area contributed by atoms with E-state index in [0.29, 0.717) is 24.3 Å². The molecule has 2 amide bonds. The van der Waals surface area contributed by atoms with Gasteiger partial charge >= 0.3 is 0 Å². The molecule has 2 unspecified atom stereocenters. The Balaban J connectivity index is 1.62. The van der Waals surface area contributed by atoms with Crippen LogP contribution in [0.2, 0.25) is 0 Å². The number of fused-ring (bicyclic) bond motifs is 1. The molecule has 5 nitrogen and oxygen atoms in total. The van der Waals surface area contributed by atoms with Crippen molar-refractivity contribution in [1.29, 1.82) is 0 Å². The van der Waals surface area contributed by atoms with Crippen LogP contribution in [0.25, 0.3) is 0 Å². The minimum absolute atomic E-state index is 0.0157. The fourth-order valence-electron chi connectivity index (χ4n) is 5.30. The molecule has 0 radical (unpaired) electrons. The van der Waals surface area contributed by atoms with Crippen LogP contribution in [0.1, 0.15) is 75.3 Å². The lowest BCUT2D eigenvalue weighted by Gasteiger charge is -2.43. The van der Waals surface area contributed by atoms with Gasteiger partial charge in [-0.05, 0) is 67.3 Å². The molecule has 0 bridgehead atoms. The maximum Gasteiger partial charge on any atom is 0.258 e. The van der Waals surface area contributed by atoms with Gasteiger partial charge < -0.3 is 15.1 Å². The maximum absolute atomic E-state index is 13.8. The summed E-state index contributed by atoms with van der Waals surface area (Å²) < 4.78 is 0. The minimum atomic E-state index is -0.137. The predicted octanol–water partition coefficient (Wildman–Crippen LogP) is 7.46. The van der Waals surface area contributed by atoms with E-state index in [2.05, 4.69) is 32.2 Å². The van der Waals surface area contributed by atoms with Gasteiger partial charge in [-0.15, -0.1) is 0 Å². The lowest BCUT2D eigenvalue weighted by atomic mass is 9.89. The number of hydrogen-bond donors (Lipinski definition) is 1. The van der Waals surface area contributed by atoms with Crippen LogP contribution in [0.4, 0.5) is 17.1 Å². The van der Waals surface area contributed by atoms with Crippen molar-refractivity contribution in [3.8, 4) is 0 Å². The largest absolute Gasteiger partial charge is 0.385 e. The molecule has 37 heavy (non-hydrogen) atoms. The molecule has 0 saturated heterocycles. The fourth-order valence-corrected chi connectivity index (χ4v) is 5.30. The second-order valence-corrected chi connectivity index (χ2v) is 9.93. The summed E-state index contributed by atoms with van der Waals surface area (Å²) >= 11 is 0. The number of anilines is 3. The summed E-state index contributed by atoms with van der Waals surface area (Å²) in [7, 11) is 0. The Labute approximate surface area is 221 Å². The van der Waals surface area contributed by atoms with Gasteiger partial charge in [-0.1, -0.05) is 70.0 Å². The van der Waals surface area contributed by atoms with Crippen LogP contribution in [0.5, 0.6) is 0 Å². The number of carbonyl (C=O) groups is 2. The summed E-state index contributed by atoms with van der Waals surface area (Å²) in [6, 6.07) is 25.5. The third-order valence-corrected chi connectivity index (χ3v) is 7.58. The highest BCUT2D eigenvalue weighted by Crippen LogP contribution is 2.43. The molecule has 3 aromatic carbocycles. The predicted molar refractivity (Wildman–Crippen MR) is 153 cm³/mol. The van der Waals surface area contributed by atoms with Gasteiger partial charge in [0.25, 0.3) is 5.91 Å². The van der Waals surface area contributed by atoms with Gasteiger partial charge in [0.15, 0.2) is 0 Å². The van der Waals surface area contributed by atoms with E-state index in [1.54, 1.807) is 0 Å². The molecule has 1 aliphatic heterocycles. The van der Waals surface area contributed by atoms with E-state index in [4.69, 9.17) is 0 Å². The molecule has 0 aliphatic carbocycles. The smallest absolute Gasteiger partial charge is 0.258 e. The quantitative estimate of drug-likeness (QED) is 0.334. The monoisotopic (exact) mass is 497 g/mol. The number of para-hydroxylation sites is 2. The first kappa shape index (κ1) is 26.5. The Bertz CT molecular complexity index is 1190. The van der Waals surface area contributed by atoms with Crippen LogP contribution >= 0.6 is 0 Å². The lowest BCUT2D eigenvalue weighted by Crippen LogP contribution is -2.47. The Hall–Kier alpha value is -3.60. The number of nitrogens with one attached hydrogen (secondary N) is 1. The molecule has 4 rings (SSSR count). The van der Waals surface area contributed by atoms with E-state index in [9.17, 15) is 9.59 Å². The molecule has 5 heteroatoms. The van der Waals surface area contributed by atoms with Crippen molar-refractivity contribution in [2.45, 2.75) is 65.5 Å². The molecular formula is C32H39N3O2. The number of benzene rings is 3. The van der Waals surface area contributed by atoms with Gasteiger partial charge in [0.05, 0.1) is 6.04 Å². The number of hydrogen-bond acceptors (Lipinski definition) is 3. The molecule has 1 N–H and O–H groups in total. The summed E-state index contributed by atoms with van der Waals surface area (Å²) in [5.74, 6) is 0.711. The second-order valence-electron chi connectivity index (χ2n) is 9.93. The lowest BCUT2D eigenvalue weighted by molar-refractivity contribution is -0.118. The number of amides is 2. The zero-order valence-corrected chi connectivity index (χ0v) is 22.5. The SMILES string of the molecule is CCC(=O)N(c1ccccc1)C1CC(C)N(C(=O)c2ccc(NCC(CC)CC)cc2)c2ccccc21. The van der Waals surface area contributed by atoms with Crippen molar-refractivity contribution >= 4 is 28.9 Å². The highest BCUT2D eigenvalue weighted by atomic mass is 16.2. The zero-order chi connectivity index (χ0) is 26.4. The topological polar surface area (TPSA) is 52.7 Å². The normalized spacial score (nSPS) is 16.8. The van der Waals surface area contributed by atoms with Crippen molar-refractivity contribution < 1.29 is 9.59 Å². The number of carbonyl (C=O) groups excluding carboxylic acids is 2. The summed E-state index contributed by atoms with van der Waals surface area (Å²) in [4.78, 5) is 30.8. The minimum Gasteiger partial charge on any atom is -0.385 e. The van der Waals surface area contributed by atoms with E-state index in [0.717, 1.165) is 42.0 Å². The van der Waals surface area contributed by atoms with Gasteiger partial charge in [0.1, 0.15) is 0 Å². The first-order valence-corrected chi connectivity index (χ1v) is 13.6. The summed E-state index contributed by atoms with van der Waals surface area (Å²) in [6.07, 6.45) is 3.39. The van der Waals surface area contributed by atoms with Crippen LogP contribution in [-0.2, 0) is 4.79 Å². The Morgan fingerprint density at radius 2 is 1.57 bits per heavy atom. The van der Waals surface area contributed by atoms with Crippen LogP contribution in [0.3, 0.4) is 0 Å². The fraction of sp³-hybridized carbons (Fsp3) is 0.375. The third-order valence-electron chi connectivity index (χ3n) is 7.58. The van der Waals surface area contributed by atoms with Crippen molar-refractivity contribution in [2.24, 2.45) is 5.92 Å². The third kappa shape index (κ3) is 5.71. The van der Waals surface area contributed by atoms with E-state index in [-0.39, 0.29) is 23.9 Å². The highest BCUT2D eigenvalue weighted by Gasteiger charge is 2.38. The highest BCUT2D eigenvalue weighted by molar-refractivity contribution is 6.07. The van der Waals surface area contributed by atoms with Crippen molar-refractivity contribution in [1.82, 2.24) is 0 Å². The average molecular weight is 498 g/mol. The van der Waals surface area contributed by atoms with Crippen molar-refractivity contribution in [3.05, 3.63) is 90.0 Å². The van der Waals surface area contributed by atoms with E-state index in [1.165, 1.54) is 0 Å². The van der Waals surface area contributed by atoms with Crippen LogP contribution in [0.15, 0.2) is 78.9 Å². The average Bonchev–Trinajstić information content (AvgIpc) is 2.94. The van der Waals surface area contributed by atoms with Gasteiger partial charge in [-0.3, -0.25) is 9.59 Å². The zero-order valence-electron chi connectivity index (χ0n) is 22.5. The Morgan fingerprint density at radius 3 is 2.22 bits per heavy atom. The summed E-state index contributed by atoms with van der Waals surface area (Å²) in [5, 5.41) is 3.50. The molecule has 194 valence electrons. The van der Waals surface area contributed by atoms with Crippen molar-refractivity contribution in [2.75, 3.05) is 21.7 Å². The van der Waals surface area contributed by atoms with E-state index < -0.39 is 0 Å². The molecule has 3 aromatic rings.